The Balaban J connectivity index is 1.81. The maximum atomic E-state index is 11.8. The molecule has 116 valence electrons. The quantitative estimate of drug-likeness (QED) is 0.726. The third kappa shape index (κ3) is 4.64. The van der Waals surface area contributed by atoms with Crippen molar-refractivity contribution in [3.8, 4) is 0 Å². The molecule has 2 heterocycles. The Labute approximate surface area is 134 Å². The fraction of sp³-hybridized carbons (Fsp3) is 0.231. The van der Waals surface area contributed by atoms with E-state index in [9.17, 15) is 14.4 Å². The molecule has 2 rings (SSSR count). The highest BCUT2D eigenvalue weighted by molar-refractivity contribution is 7.14. The summed E-state index contributed by atoms with van der Waals surface area (Å²) in [5.74, 6) is -1.16. The highest BCUT2D eigenvalue weighted by atomic mass is 32.1. The molecule has 0 saturated heterocycles. The molecule has 0 saturated carbocycles. The van der Waals surface area contributed by atoms with Gasteiger partial charge in [-0.2, -0.15) is 0 Å². The van der Waals surface area contributed by atoms with E-state index in [2.05, 4.69) is 15.6 Å². The van der Waals surface area contributed by atoms with Crippen molar-refractivity contribution in [2.24, 2.45) is 5.73 Å². The average molecular weight is 338 g/mol. The lowest BCUT2D eigenvalue weighted by molar-refractivity contribution is -0.117. The zero-order chi connectivity index (χ0) is 16.1. The van der Waals surface area contributed by atoms with Crippen LogP contribution in [0.25, 0.3) is 0 Å². The van der Waals surface area contributed by atoms with E-state index in [0.717, 1.165) is 4.88 Å². The molecule has 0 spiro atoms. The number of carbonyl (C=O) groups excluding carboxylic acids is 3. The number of amides is 3. The van der Waals surface area contributed by atoms with Gasteiger partial charge in [-0.15, -0.1) is 22.7 Å². The largest absolute Gasteiger partial charge is 0.369 e. The van der Waals surface area contributed by atoms with E-state index in [1.165, 1.54) is 22.7 Å². The van der Waals surface area contributed by atoms with Crippen molar-refractivity contribution >= 4 is 45.5 Å². The van der Waals surface area contributed by atoms with Crippen LogP contribution in [0.4, 0.5) is 5.13 Å². The van der Waals surface area contributed by atoms with Gasteiger partial charge in [0.15, 0.2) is 5.13 Å². The number of anilines is 1. The molecular weight excluding hydrogens is 324 g/mol. The number of primary amides is 1. The third-order valence-corrected chi connectivity index (χ3v) is 4.33. The number of carbonyl (C=O) groups is 3. The van der Waals surface area contributed by atoms with E-state index in [-0.39, 0.29) is 24.8 Å². The number of hydrogen-bond donors (Lipinski definition) is 3. The topological polar surface area (TPSA) is 114 Å². The van der Waals surface area contributed by atoms with Gasteiger partial charge in [0.2, 0.25) is 11.8 Å². The van der Waals surface area contributed by atoms with Crippen LogP contribution in [0.5, 0.6) is 0 Å². The Morgan fingerprint density at radius 1 is 1.32 bits per heavy atom. The molecule has 0 radical (unpaired) electrons. The molecule has 0 bridgehead atoms. The van der Waals surface area contributed by atoms with Gasteiger partial charge in [-0.1, -0.05) is 0 Å². The molecule has 0 unspecified atom stereocenters. The molecule has 22 heavy (non-hydrogen) atoms. The van der Waals surface area contributed by atoms with Crippen LogP contribution in [0.15, 0.2) is 17.5 Å². The Morgan fingerprint density at radius 3 is 2.73 bits per heavy atom. The summed E-state index contributed by atoms with van der Waals surface area (Å²) in [6.07, 6.45) is 0.0286. The predicted molar refractivity (Wildman–Crippen MR) is 85.0 cm³/mol. The Hall–Kier alpha value is -2.26. The van der Waals surface area contributed by atoms with Gasteiger partial charge in [-0.3, -0.25) is 14.4 Å². The van der Waals surface area contributed by atoms with Crippen LogP contribution in [0.1, 0.15) is 20.2 Å². The minimum absolute atomic E-state index is 0.0286. The standard InChI is InChI=1S/C13H14N4O3S2/c1-7-2-3-9(22-7)12(20)15-5-11(19)17-13-16-8(6-21-13)4-10(14)18/h2-3,6H,4-5H2,1H3,(H2,14,18)(H,15,20)(H,16,17,19). The van der Waals surface area contributed by atoms with Gasteiger partial charge in [-0.05, 0) is 19.1 Å². The second kappa shape index (κ2) is 7.14. The molecular formula is C13H14N4O3S2. The van der Waals surface area contributed by atoms with E-state index in [4.69, 9.17) is 5.73 Å². The van der Waals surface area contributed by atoms with E-state index in [1.807, 2.05) is 13.0 Å². The fourth-order valence-electron chi connectivity index (χ4n) is 1.59. The summed E-state index contributed by atoms with van der Waals surface area (Å²) < 4.78 is 0. The van der Waals surface area contributed by atoms with E-state index in [1.54, 1.807) is 11.4 Å². The van der Waals surface area contributed by atoms with Crippen LogP contribution >= 0.6 is 22.7 Å². The first-order valence-electron chi connectivity index (χ1n) is 6.31. The molecule has 0 aliphatic rings. The summed E-state index contributed by atoms with van der Waals surface area (Å²) in [6.45, 7) is 1.75. The van der Waals surface area contributed by atoms with Crippen LogP contribution in [-0.2, 0) is 16.0 Å². The molecule has 3 amide bonds. The maximum Gasteiger partial charge on any atom is 0.261 e. The van der Waals surface area contributed by atoms with Crippen molar-refractivity contribution in [2.75, 3.05) is 11.9 Å². The molecule has 2 aromatic heterocycles. The van der Waals surface area contributed by atoms with Crippen molar-refractivity contribution in [1.82, 2.24) is 10.3 Å². The molecule has 0 aliphatic carbocycles. The highest BCUT2D eigenvalue weighted by Crippen LogP contribution is 2.16. The maximum absolute atomic E-state index is 11.8. The second-order valence-electron chi connectivity index (χ2n) is 4.43. The Bertz CT molecular complexity index is 708. The molecule has 0 fully saturated rings. The zero-order valence-electron chi connectivity index (χ0n) is 11.7. The van der Waals surface area contributed by atoms with Gasteiger partial charge in [0.1, 0.15) is 0 Å². The minimum atomic E-state index is -0.485. The normalized spacial score (nSPS) is 10.2. The SMILES string of the molecule is Cc1ccc(C(=O)NCC(=O)Nc2nc(CC(N)=O)cs2)s1. The number of nitrogens with two attached hydrogens (primary N) is 1. The molecule has 2 aromatic rings. The summed E-state index contributed by atoms with van der Waals surface area (Å²) in [5.41, 5.74) is 5.57. The van der Waals surface area contributed by atoms with Crippen LogP contribution in [0.3, 0.4) is 0 Å². The fourth-order valence-corrected chi connectivity index (χ4v) is 3.10. The van der Waals surface area contributed by atoms with E-state index < -0.39 is 5.91 Å². The van der Waals surface area contributed by atoms with Crippen molar-refractivity contribution in [3.05, 3.63) is 33.0 Å². The molecule has 4 N–H and O–H groups in total. The number of hydrogen-bond acceptors (Lipinski definition) is 6. The molecule has 0 aromatic carbocycles. The van der Waals surface area contributed by atoms with Gasteiger partial charge in [0.05, 0.1) is 23.5 Å². The van der Waals surface area contributed by atoms with Crippen LogP contribution in [-0.4, -0.2) is 29.3 Å². The highest BCUT2D eigenvalue weighted by Gasteiger charge is 2.11. The second-order valence-corrected chi connectivity index (χ2v) is 6.57. The first-order chi connectivity index (χ1) is 10.4. The lowest BCUT2D eigenvalue weighted by atomic mass is 10.3. The first-order valence-corrected chi connectivity index (χ1v) is 8.01. The number of thiophene rings is 1. The lowest BCUT2D eigenvalue weighted by Crippen LogP contribution is -2.32. The monoisotopic (exact) mass is 338 g/mol. The third-order valence-electron chi connectivity index (χ3n) is 2.53. The van der Waals surface area contributed by atoms with Crippen LogP contribution in [0.2, 0.25) is 0 Å². The van der Waals surface area contributed by atoms with Crippen molar-refractivity contribution in [3.63, 3.8) is 0 Å². The first kappa shape index (κ1) is 16.1. The van der Waals surface area contributed by atoms with Crippen LogP contribution < -0.4 is 16.4 Å². The summed E-state index contributed by atoms with van der Waals surface area (Å²) in [7, 11) is 0. The molecule has 7 nitrogen and oxygen atoms in total. The number of aryl methyl sites for hydroxylation is 1. The lowest BCUT2D eigenvalue weighted by Gasteiger charge is -2.03. The van der Waals surface area contributed by atoms with Crippen molar-refractivity contribution in [1.29, 1.82) is 0 Å². The van der Waals surface area contributed by atoms with E-state index in [0.29, 0.717) is 15.7 Å². The van der Waals surface area contributed by atoms with Gasteiger partial charge in [-0.25, -0.2) is 4.98 Å². The molecule has 9 heteroatoms. The zero-order valence-corrected chi connectivity index (χ0v) is 13.3. The summed E-state index contributed by atoms with van der Waals surface area (Å²) in [6, 6.07) is 3.56. The molecule has 0 aliphatic heterocycles. The van der Waals surface area contributed by atoms with Gasteiger partial charge in [0, 0.05) is 10.3 Å². The summed E-state index contributed by atoms with van der Waals surface area (Å²) >= 11 is 2.56. The molecule has 0 atom stereocenters. The minimum Gasteiger partial charge on any atom is -0.369 e. The number of thiazole rings is 1. The van der Waals surface area contributed by atoms with Crippen LogP contribution in [0, 0.1) is 6.92 Å². The number of nitrogens with one attached hydrogen (secondary N) is 2. The Kier molecular flexibility index (Phi) is 5.23. The summed E-state index contributed by atoms with van der Waals surface area (Å²) in [5, 5.41) is 7.10. The van der Waals surface area contributed by atoms with E-state index >= 15 is 0 Å². The van der Waals surface area contributed by atoms with Gasteiger partial charge < -0.3 is 16.4 Å². The van der Waals surface area contributed by atoms with Gasteiger partial charge >= 0.3 is 0 Å². The number of nitrogens with zero attached hydrogens (tertiary/aromatic N) is 1. The number of aromatic nitrogens is 1. The number of rotatable bonds is 6. The van der Waals surface area contributed by atoms with Gasteiger partial charge in [0.25, 0.3) is 5.91 Å². The average Bonchev–Trinajstić information content (AvgIpc) is 3.05. The van der Waals surface area contributed by atoms with Crippen molar-refractivity contribution in [2.45, 2.75) is 13.3 Å². The predicted octanol–water partition coefficient (Wildman–Crippen LogP) is 0.909. The summed E-state index contributed by atoms with van der Waals surface area (Å²) in [4.78, 5) is 39.9. The smallest absolute Gasteiger partial charge is 0.261 e. The van der Waals surface area contributed by atoms with Crippen molar-refractivity contribution < 1.29 is 14.4 Å². The Morgan fingerprint density at radius 2 is 2.09 bits per heavy atom.